The lowest BCUT2D eigenvalue weighted by atomic mass is 10.1. The van der Waals surface area contributed by atoms with E-state index in [1.807, 2.05) is 18.2 Å². The standard InChI is InChI=1S/C20H26N2O3S/c1-3-22(4-2)16(19-6-5-11-26-19)14-21-20(23)13-15-7-8-17-18(12-15)25-10-9-24-17/h5-8,11-12,16H,3-4,9-10,13-14H2,1-2H3,(H,21,23). The molecule has 1 aromatic heterocycles. The quantitative estimate of drug-likeness (QED) is 0.771. The molecule has 1 aliphatic heterocycles. The van der Waals surface area contributed by atoms with Gasteiger partial charge in [0.15, 0.2) is 11.5 Å². The number of hydrogen-bond donors (Lipinski definition) is 1. The molecule has 1 N–H and O–H groups in total. The molecule has 0 aliphatic carbocycles. The fourth-order valence-corrected chi connectivity index (χ4v) is 4.07. The summed E-state index contributed by atoms with van der Waals surface area (Å²) in [5.41, 5.74) is 0.933. The molecule has 1 aliphatic rings. The van der Waals surface area contributed by atoms with Crippen molar-refractivity contribution in [3.8, 4) is 11.5 Å². The Hall–Kier alpha value is -2.05. The van der Waals surface area contributed by atoms with Crippen molar-refractivity contribution in [1.82, 2.24) is 10.2 Å². The van der Waals surface area contributed by atoms with Crippen molar-refractivity contribution in [1.29, 1.82) is 0 Å². The molecule has 0 radical (unpaired) electrons. The molecule has 1 amide bonds. The van der Waals surface area contributed by atoms with Crippen LogP contribution in [0.5, 0.6) is 11.5 Å². The second kappa shape index (κ2) is 9.05. The van der Waals surface area contributed by atoms with Gasteiger partial charge in [0.05, 0.1) is 12.5 Å². The van der Waals surface area contributed by atoms with Gasteiger partial charge in [-0.15, -0.1) is 11.3 Å². The summed E-state index contributed by atoms with van der Waals surface area (Å²) in [5, 5.41) is 5.19. The van der Waals surface area contributed by atoms with Crippen molar-refractivity contribution in [3.63, 3.8) is 0 Å². The molecule has 26 heavy (non-hydrogen) atoms. The van der Waals surface area contributed by atoms with E-state index in [2.05, 4.69) is 41.6 Å². The van der Waals surface area contributed by atoms with Crippen LogP contribution in [0.15, 0.2) is 35.7 Å². The molecule has 1 aromatic carbocycles. The van der Waals surface area contributed by atoms with Gasteiger partial charge in [-0.05, 0) is 42.2 Å². The number of amides is 1. The first-order valence-electron chi connectivity index (χ1n) is 9.14. The molecule has 3 rings (SSSR count). The summed E-state index contributed by atoms with van der Waals surface area (Å²) in [6.07, 6.45) is 0.339. The Morgan fingerprint density at radius 2 is 1.96 bits per heavy atom. The van der Waals surface area contributed by atoms with Crippen LogP contribution in [0.4, 0.5) is 0 Å². The first-order chi connectivity index (χ1) is 12.7. The highest BCUT2D eigenvalue weighted by Gasteiger charge is 2.20. The number of carbonyl (C=O) groups is 1. The number of rotatable bonds is 8. The lowest BCUT2D eigenvalue weighted by molar-refractivity contribution is -0.120. The molecule has 2 heterocycles. The van der Waals surface area contributed by atoms with Crippen LogP contribution in [0.2, 0.25) is 0 Å². The number of nitrogens with zero attached hydrogens (tertiary/aromatic N) is 1. The predicted octanol–water partition coefficient (Wildman–Crippen LogP) is 3.26. The van der Waals surface area contributed by atoms with Crippen LogP contribution in [0.25, 0.3) is 0 Å². The van der Waals surface area contributed by atoms with Crippen LogP contribution in [0.1, 0.15) is 30.3 Å². The predicted molar refractivity (Wildman–Crippen MR) is 104 cm³/mol. The van der Waals surface area contributed by atoms with Crippen LogP contribution in [-0.2, 0) is 11.2 Å². The van der Waals surface area contributed by atoms with Gasteiger partial charge in [0.25, 0.3) is 0 Å². The summed E-state index contributed by atoms with van der Waals surface area (Å²) >= 11 is 1.74. The molecule has 140 valence electrons. The Balaban J connectivity index is 1.60. The van der Waals surface area contributed by atoms with E-state index in [1.54, 1.807) is 11.3 Å². The van der Waals surface area contributed by atoms with E-state index in [0.29, 0.717) is 26.2 Å². The third kappa shape index (κ3) is 4.56. The molecule has 5 nitrogen and oxygen atoms in total. The molecule has 0 bridgehead atoms. The van der Waals surface area contributed by atoms with E-state index in [-0.39, 0.29) is 11.9 Å². The summed E-state index contributed by atoms with van der Waals surface area (Å²) in [7, 11) is 0. The molecule has 0 spiro atoms. The summed E-state index contributed by atoms with van der Waals surface area (Å²) < 4.78 is 11.1. The minimum absolute atomic E-state index is 0.0235. The van der Waals surface area contributed by atoms with Crippen molar-refractivity contribution >= 4 is 17.2 Å². The minimum atomic E-state index is 0.0235. The molecule has 1 atom stereocenters. The Morgan fingerprint density at radius 3 is 2.65 bits per heavy atom. The highest BCUT2D eigenvalue weighted by molar-refractivity contribution is 7.10. The van der Waals surface area contributed by atoms with Crippen LogP contribution in [-0.4, -0.2) is 43.7 Å². The molecular weight excluding hydrogens is 348 g/mol. The van der Waals surface area contributed by atoms with Crippen LogP contribution >= 0.6 is 11.3 Å². The van der Waals surface area contributed by atoms with Gasteiger partial charge in [-0.1, -0.05) is 26.0 Å². The number of thiophene rings is 1. The van der Waals surface area contributed by atoms with E-state index in [9.17, 15) is 4.79 Å². The van der Waals surface area contributed by atoms with E-state index in [4.69, 9.17) is 9.47 Å². The highest BCUT2D eigenvalue weighted by atomic mass is 32.1. The number of nitrogens with one attached hydrogen (secondary N) is 1. The summed E-state index contributed by atoms with van der Waals surface area (Å²) in [6, 6.07) is 10.1. The van der Waals surface area contributed by atoms with Crippen molar-refractivity contribution in [2.45, 2.75) is 26.3 Å². The van der Waals surface area contributed by atoms with E-state index >= 15 is 0 Å². The van der Waals surface area contributed by atoms with Crippen molar-refractivity contribution in [2.75, 3.05) is 32.8 Å². The van der Waals surface area contributed by atoms with Crippen LogP contribution < -0.4 is 14.8 Å². The average molecular weight is 375 g/mol. The molecule has 2 aromatic rings. The summed E-state index contributed by atoms with van der Waals surface area (Å²) in [6.45, 7) is 7.96. The number of likely N-dealkylation sites (N-methyl/N-ethyl adjacent to an activating group) is 1. The summed E-state index contributed by atoms with van der Waals surface area (Å²) in [5.74, 6) is 1.50. The second-order valence-electron chi connectivity index (χ2n) is 6.21. The zero-order chi connectivity index (χ0) is 18.4. The third-order valence-corrected chi connectivity index (χ3v) is 5.56. The van der Waals surface area contributed by atoms with E-state index in [0.717, 1.165) is 30.2 Å². The minimum Gasteiger partial charge on any atom is -0.486 e. The van der Waals surface area contributed by atoms with Crippen LogP contribution in [0, 0.1) is 0 Å². The van der Waals surface area contributed by atoms with Gasteiger partial charge in [0.2, 0.25) is 5.91 Å². The van der Waals surface area contributed by atoms with Gasteiger partial charge in [-0.25, -0.2) is 0 Å². The summed E-state index contributed by atoms with van der Waals surface area (Å²) in [4.78, 5) is 16.1. The van der Waals surface area contributed by atoms with Gasteiger partial charge >= 0.3 is 0 Å². The fraction of sp³-hybridized carbons (Fsp3) is 0.450. The zero-order valence-corrected chi connectivity index (χ0v) is 16.2. The maximum atomic E-state index is 12.5. The second-order valence-corrected chi connectivity index (χ2v) is 7.19. The van der Waals surface area contributed by atoms with Crippen LogP contribution in [0.3, 0.4) is 0 Å². The van der Waals surface area contributed by atoms with Crippen molar-refractivity contribution < 1.29 is 14.3 Å². The van der Waals surface area contributed by atoms with Gasteiger partial charge in [0, 0.05) is 11.4 Å². The maximum Gasteiger partial charge on any atom is 0.224 e. The van der Waals surface area contributed by atoms with Gasteiger partial charge in [-0.3, -0.25) is 9.69 Å². The smallest absolute Gasteiger partial charge is 0.224 e. The highest BCUT2D eigenvalue weighted by Crippen LogP contribution is 2.31. The first kappa shape index (κ1) is 18.7. The monoisotopic (exact) mass is 374 g/mol. The molecule has 0 saturated carbocycles. The zero-order valence-electron chi connectivity index (χ0n) is 15.4. The average Bonchev–Trinajstić information content (AvgIpc) is 3.19. The molecular formula is C20H26N2O3S. The molecule has 0 saturated heterocycles. The van der Waals surface area contributed by atoms with Crippen molar-refractivity contribution in [2.24, 2.45) is 0 Å². The Labute approximate surface area is 158 Å². The van der Waals surface area contributed by atoms with Gasteiger partial charge in [0.1, 0.15) is 13.2 Å². The normalized spacial score (nSPS) is 14.3. The Kier molecular flexibility index (Phi) is 6.52. The fourth-order valence-electron chi connectivity index (χ4n) is 3.21. The topological polar surface area (TPSA) is 50.8 Å². The maximum absolute atomic E-state index is 12.5. The Bertz CT molecular complexity index is 714. The van der Waals surface area contributed by atoms with Crippen molar-refractivity contribution in [3.05, 3.63) is 46.2 Å². The SMILES string of the molecule is CCN(CC)C(CNC(=O)Cc1ccc2c(c1)OCCO2)c1cccs1. The number of benzene rings is 1. The van der Waals surface area contributed by atoms with E-state index in [1.165, 1.54) is 4.88 Å². The number of ether oxygens (including phenoxy) is 2. The largest absolute Gasteiger partial charge is 0.486 e. The third-order valence-electron chi connectivity index (χ3n) is 4.59. The van der Waals surface area contributed by atoms with Gasteiger partial charge < -0.3 is 14.8 Å². The molecule has 1 unspecified atom stereocenters. The lowest BCUT2D eigenvalue weighted by Gasteiger charge is -2.29. The molecule has 6 heteroatoms. The van der Waals surface area contributed by atoms with Gasteiger partial charge in [-0.2, -0.15) is 0 Å². The lowest BCUT2D eigenvalue weighted by Crippen LogP contribution is -2.38. The molecule has 0 fully saturated rings. The van der Waals surface area contributed by atoms with E-state index < -0.39 is 0 Å². The Morgan fingerprint density at radius 1 is 1.19 bits per heavy atom. The number of fused-ring (bicyclic) bond motifs is 1. The first-order valence-corrected chi connectivity index (χ1v) is 10.0. The number of carbonyl (C=O) groups excluding carboxylic acids is 1. The number of hydrogen-bond acceptors (Lipinski definition) is 5.